The first-order valence-electron chi connectivity index (χ1n) is 7.81. The summed E-state index contributed by atoms with van der Waals surface area (Å²) in [4.78, 5) is 13.0. The molecule has 2 aromatic rings. The van der Waals surface area contributed by atoms with Gasteiger partial charge >= 0.3 is 0 Å². The summed E-state index contributed by atoms with van der Waals surface area (Å²) in [5, 5.41) is 4.10. The number of nitrogens with one attached hydrogen (secondary N) is 1. The Morgan fingerprint density at radius 3 is 2.62 bits per heavy atom. The molecule has 1 fully saturated rings. The lowest BCUT2D eigenvalue weighted by Gasteiger charge is -2.18. The van der Waals surface area contributed by atoms with Gasteiger partial charge in [-0.05, 0) is 23.5 Å². The van der Waals surface area contributed by atoms with Crippen LogP contribution in [-0.2, 0) is 15.3 Å². The largest absolute Gasteiger partial charge is 0.348 e. The minimum atomic E-state index is -3.02. The summed E-state index contributed by atoms with van der Waals surface area (Å²) in [6.45, 7) is 6.41. The number of amides is 1. The van der Waals surface area contributed by atoms with E-state index in [2.05, 4.69) is 32.2 Å². The number of rotatable bonds is 2. The van der Waals surface area contributed by atoms with Gasteiger partial charge in [0.2, 0.25) is 0 Å². The normalized spacial score (nSPS) is 20.4. The zero-order valence-electron chi connectivity index (χ0n) is 13.8. The first kappa shape index (κ1) is 17.7. The smallest absolute Gasteiger partial charge is 0.263 e. The van der Waals surface area contributed by atoms with Gasteiger partial charge in [-0.3, -0.25) is 4.79 Å². The maximum Gasteiger partial charge on any atom is 0.263 e. The highest BCUT2D eigenvalue weighted by atomic mass is 35.5. The van der Waals surface area contributed by atoms with Gasteiger partial charge < -0.3 is 5.32 Å². The van der Waals surface area contributed by atoms with E-state index in [-0.39, 0.29) is 28.9 Å². The summed E-state index contributed by atoms with van der Waals surface area (Å²) in [5.41, 5.74) is 1.20. The number of benzene rings is 1. The maximum absolute atomic E-state index is 12.5. The minimum absolute atomic E-state index is 0.00935. The van der Waals surface area contributed by atoms with Gasteiger partial charge in [-0.25, -0.2) is 8.42 Å². The molecule has 0 unspecified atom stereocenters. The Labute approximate surface area is 151 Å². The van der Waals surface area contributed by atoms with E-state index >= 15 is 0 Å². The Hall–Kier alpha value is -1.11. The third-order valence-corrected chi connectivity index (χ3v) is 7.69. The third kappa shape index (κ3) is 3.46. The summed E-state index contributed by atoms with van der Waals surface area (Å²) < 4.78 is 24.0. The number of halogens is 1. The van der Waals surface area contributed by atoms with Crippen LogP contribution in [0, 0.1) is 0 Å². The molecule has 1 aromatic carbocycles. The van der Waals surface area contributed by atoms with E-state index in [1.807, 2.05) is 12.1 Å². The van der Waals surface area contributed by atoms with E-state index in [0.29, 0.717) is 16.3 Å². The Kier molecular flexibility index (Phi) is 4.43. The molecule has 7 heteroatoms. The van der Waals surface area contributed by atoms with Crippen molar-refractivity contribution in [2.45, 2.75) is 38.6 Å². The zero-order valence-corrected chi connectivity index (χ0v) is 16.2. The molecule has 0 radical (unpaired) electrons. The molecule has 4 nitrogen and oxygen atoms in total. The molecule has 3 rings (SSSR count). The molecule has 1 aromatic heterocycles. The summed E-state index contributed by atoms with van der Waals surface area (Å²) >= 11 is 7.74. The van der Waals surface area contributed by atoms with Gasteiger partial charge in [0.1, 0.15) is 4.88 Å². The van der Waals surface area contributed by atoms with Crippen LogP contribution in [0.25, 0.3) is 10.1 Å². The first-order chi connectivity index (χ1) is 11.1. The second kappa shape index (κ2) is 6.00. The summed E-state index contributed by atoms with van der Waals surface area (Å²) in [6, 6.07) is 5.73. The van der Waals surface area contributed by atoms with Crippen molar-refractivity contribution in [3.8, 4) is 0 Å². The molecule has 0 spiro atoms. The topological polar surface area (TPSA) is 63.2 Å². The van der Waals surface area contributed by atoms with Crippen molar-refractivity contribution < 1.29 is 13.2 Å². The van der Waals surface area contributed by atoms with E-state index in [9.17, 15) is 13.2 Å². The predicted molar refractivity (Wildman–Crippen MR) is 100 cm³/mol. The summed E-state index contributed by atoms with van der Waals surface area (Å²) in [7, 11) is -3.02. The van der Waals surface area contributed by atoms with Crippen LogP contribution in [0.5, 0.6) is 0 Å². The lowest BCUT2D eigenvalue weighted by molar-refractivity contribution is 0.0945. The van der Waals surface area contributed by atoms with Crippen molar-refractivity contribution in [2.75, 3.05) is 11.5 Å². The van der Waals surface area contributed by atoms with Gasteiger partial charge in [0, 0.05) is 16.1 Å². The van der Waals surface area contributed by atoms with Crippen LogP contribution in [0.2, 0.25) is 5.02 Å². The average molecular weight is 386 g/mol. The van der Waals surface area contributed by atoms with Crippen molar-refractivity contribution in [3.05, 3.63) is 33.7 Å². The molecule has 1 aliphatic heterocycles. The van der Waals surface area contributed by atoms with E-state index in [4.69, 9.17) is 11.6 Å². The highest BCUT2D eigenvalue weighted by molar-refractivity contribution is 7.91. The molecule has 1 N–H and O–H groups in total. The van der Waals surface area contributed by atoms with E-state index in [0.717, 1.165) is 10.1 Å². The molecule has 1 aliphatic rings. The Bertz CT molecular complexity index is 910. The molecule has 0 saturated carbocycles. The lowest BCUT2D eigenvalue weighted by atomic mass is 9.87. The number of hydrogen-bond acceptors (Lipinski definition) is 4. The van der Waals surface area contributed by atoms with Crippen molar-refractivity contribution in [1.82, 2.24) is 5.32 Å². The zero-order chi connectivity index (χ0) is 17.7. The van der Waals surface area contributed by atoms with Gasteiger partial charge in [0.15, 0.2) is 9.84 Å². The van der Waals surface area contributed by atoms with Gasteiger partial charge in [-0.2, -0.15) is 0 Å². The van der Waals surface area contributed by atoms with E-state index in [1.54, 1.807) is 0 Å². The molecule has 1 amide bonds. The number of hydrogen-bond donors (Lipinski definition) is 1. The van der Waals surface area contributed by atoms with Crippen LogP contribution in [0.3, 0.4) is 0 Å². The van der Waals surface area contributed by atoms with Crippen molar-refractivity contribution >= 4 is 48.8 Å². The van der Waals surface area contributed by atoms with Crippen LogP contribution in [0.4, 0.5) is 0 Å². The van der Waals surface area contributed by atoms with E-state index in [1.165, 1.54) is 16.9 Å². The summed E-state index contributed by atoms with van der Waals surface area (Å²) in [6.07, 6.45) is 0.463. The number of fused-ring (bicyclic) bond motifs is 1. The monoisotopic (exact) mass is 385 g/mol. The number of carbonyl (C=O) groups is 1. The molecule has 2 heterocycles. The molecule has 1 saturated heterocycles. The average Bonchev–Trinajstić information content (AvgIpc) is 2.98. The van der Waals surface area contributed by atoms with Crippen molar-refractivity contribution in [1.29, 1.82) is 0 Å². The van der Waals surface area contributed by atoms with Crippen LogP contribution in [0.15, 0.2) is 18.2 Å². The number of sulfone groups is 1. The number of thiophene rings is 1. The molecule has 0 bridgehead atoms. The van der Waals surface area contributed by atoms with Gasteiger partial charge in [-0.15, -0.1) is 11.3 Å². The van der Waals surface area contributed by atoms with Crippen LogP contribution >= 0.6 is 22.9 Å². The fraction of sp³-hybridized carbons (Fsp3) is 0.471. The second-order valence-electron chi connectivity index (χ2n) is 7.28. The molecular formula is C17H20ClNO3S2. The summed E-state index contributed by atoms with van der Waals surface area (Å²) in [5.74, 6) is -0.150. The molecule has 130 valence electrons. The Balaban J connectivity index is 1.89. The quantitative estimate of drug-likeness (QED) is 0.855. The third-order valence-electron chi connectivity index (χ3n) is 4.27. The SMILES string of the molecule is CC(C)(C)c1ccc2c(Cl)c(C(=O)N[C@H]3CCS(=O)(=O)C3)sc2c1. The first-order valence-corrected chi connectivity index (χ1v) is 10.8. The van der Waals surface area contributed by atoms with Gasteiger partial charge in [0.05, 0.1) is 16.5 Å². The molecular weight excluding hydrogens is 366 g/mol. The molecule has 24 heavy (non-hydrogen) atoms. The van der Waals surface area contributed by atoms with Crippen LogP contribution < -0.4 is 5.32 Å². The van der Waals surface area contributed by atoms with Crippen LogP contribution in [0.1, 0.15) is 42.4 Å². The van der Waals surface area contributed by atoms with Crippen molar-refractivity contribution in [2.24, 2.45) is 0 Å². The fourth-order valence-corrected chi connectivity index (χ4v) is 5.97. The van der Waals surface area contributed by atoms with Gasteiger partial charge in [-0.1, -0.05) is 44.5 Å². The highest BCUT2D eigenvalue weighted by Crippen LogP contribution is 2.37. The van der Waals surface area contributed by atoms with Crippen LogP contribution in [-0.4, -0.2) is 31.9 Å². The minimum Gasteiger partial charge on any atom is -0.348 e. The van der Waals surface area contributed by atoms with E-state index < -0.39 is 9.84 Å². The standard InChI is InChI=1S/C17H20ClNO3S2/c1-17(2,3)10-4-5-12-13(8-10)23-15(14(12)18)16(20)19-11-6-7-24(21,22)9-11/h4-5,8,11H,6-7,9H2,1-3H3,(H,19,20)/t11-/m0/s1. The fourth-order valence-electron chi connectivity index (χ4n) is 2.84. The maximum atomic E-state index is 12.5. The highest BCUT2D eigenvalue weighted by Gasteiger charge is 2.30. The van der Waals surface area contributed by atoms with Gasteiger partial charge in [0.25, 0.3) is 5.91 Å². The molecule has 1 atom stereocenters. The lowest BCUT2D eigenvalue weighted by Crippen LogP contribution is -2.35. The predicted octanol–water partition coefficient (Wildman–Crippen LogP) is 3.77. The second-order valence-corrected chi connectivity index (χ2v) is 10.9. The molecule has 0 aliphatic carbocycles. The Morgan fingerprint density at radius 1 is 1.33 bits per heavy atom. The Morgan fingerprint density at radius 2 is 2.04 bits per heavy atom. The number of carbonyl (C=O) groups excluding carboxylic acids is 1. The van der Waals surface area contributed by atoms with Crippen molar-refractivity contribution in [3.63, 3.8) is 0 Å².